The number of rotatable bonds is 50. The van der Waals surface area contributed by atoms with Crippen molar-refractivity contribution >= 4 is 5.91 Å². The van der Waals surface area contributed by atoms with E-state index >= 15 is 0 Å². The molecule has 0 saturated carbocycles. The molecule has 5 nitrogen and oxygen atoms in total. The Labute approximate surface area is 364 Å². The molecule has 0 unspecified atom stereocenters. The molecule has 3 atom stereocenters. The second-order valence-corrected chi connectivity index (χ2v) is 18.8. The fourth-order valence-electron chi connectivity index (χ4n) is 8.81. The van der Waals surface area contributed by atoms with Gasteiger partial charge in [0.1, 0.15) is 6.10 Å². The third-order valence-electron chi connectivity index (χ3n) is 13.0. The molecule has 0 aromatic rings. The molecule has 0 spiro atoms. The van der Waals surface area contributed by atoms with Crippen molar-refractivity contribution in [3.63, 3.8) is 0 Å². The van der Waals surface area contributed by atoms with Gasteiger partial charge in [-0.15, -0.1) is 0 Å². The van der Waals surface area contributed by atoms with E-state index in [4.69, 9.17) is 0 Å². The Morgan fingerprint density at radius 1 is 0.362 bits per heavy atom. The minimum Gasteiger partial charge on any atom is -0.394 e. The van der Waals surface area contributed by atoms with E-state index in [2.05, 4.69) is 19.2 Å². The summed E-state index contributed by atoms with van der Waals surface area (Å²) in [6.45, 7) is 4.19. The highest BCUT2D eigenvalue weighted by atomic mass is 16.3. The summed E-state index contributed by atoms with van der Waals surface area (Å²) in [4.78, 5) is 12.4. The Morgan fingerprint density at radius 2 is 0.586 bits per heavy atom. The first-order valence-electron chi connectivity index (χ1n) is 26.8. The van der Waals surface area contributed by atoms with Gasteiger partial charge in [0.05, 0.1) is 18.8 Å². The highest BCUT2D eigenvalue weighted by Crippen LogP contribution is 2.18. The van der Waals surface area contributed by atoms with Gasteiger partial charge in [-0.25, -0.2) is 0 Å². The smallest absolute Gasteiger partial charge is 0.220 e. The highest BCUT2D eigenvalue weighted by Gasteiger charge is 2.26. The maximum Gasteiger partial charge on any atom is 0.220 e. The van der Waals surface area contributed by atoms with Crippen molar-refractivity contribution in [3.05, 3.63) is 0 Å². The van der Waals surface area contributed by atoms with Crippen LogP contribution in [0.25, 0.3) is 0 Å². The monoisotopic (exact) mass is 822 g/mol. The van der Waals surface area contributed by atoms with E-state index in [1.165, 1.54) is 244 Å². The van der Waals surface area contributed by atoms with E-state index in [1.807, 2.05) is 0 Å². The number of carbonyl (C=O) groups excluding carboxylic acids is 1. The topological polar surface area (TPSA) is 89.8 Å². The molecule has 0 fully saturated rings. The van der Waals surface area contributed by atoms with Crippen LogP contribution in [0.15, 0.2) is 0 Å². The van der Waals surface area contributed by atoms with Crippen LogP contribution in [0.4, 0.5) is 0 Å². The summed E-state index contributed by atoms with van der Waals surface area (Å²) < 4.78 is 0. The van der Waals surface area contributed by atoms with Crippen molar-refractivity contribution in [2.75, 3.05) is 6.61 Å². The zero-order valence-electron chi connectivity index (χ0n) is 39.7. The molecule has 0 heterocycles. The largest absolute Gasteiger partial charge is 0.394 e. The standard InChI is InChI=1S/C53H107NO4/c1-3-5-7-9-11-13-15-16-17-18-19-20-21-22-23-24-25-26-27-28-29-30-31-32-33-34-35-36-37-38-40-42-44-46-48-52(57)54-50(49-55)53(58)51(56)47-45-43-41-39-14-12-10-8-6-4-2/h50-51,53,55-56,58H,3-49H2,1-2H3,(H,54,57)/t50-,51+,53-/m0/s1. The van der Waals surface area contributed by atoms with Crippen LogP contribution in [-0.4, -0.2) is 46.1 Å². The molecule has 0 aromatic carbocycles. The minimum absolute atomic E-state index is 0.139. The fraction of sp³-hybridized carbons (Fsp3) is 0.981. The number of aliphatic hydroxyl groups is 3. The molecule has 0 saturated heterocycles. The molecule has 348 valence electrons. The zero-order valence-corrected chi connectivity index (χ0v) is 39.7. The summed E-state index contributed by atoms with van der Waals surface area (Å²) in [5.41, 5.74) is 0. The lowest BCUT2D eigenvalue weighted by Crippen LogP contribution is -2.50. The molecular formula is C53H107NO4. The van der Waals surface area contributed by atoms with Crippen LogP contribution in [0.5, 0.6) is 0 Å². The van der Waals surface area contributed by atoms with E-state index in [0.717, 1.165) is 38.5 Å². The van der Waals surface area contributed by atoms with Crippen LogP contribution in [0.1, 0.15) is 309 Å². The number of aliphatic hydroxyl groups excluding tert-OH is 3. The number of unbranched alkanes of at least 4 members (excludes halogenated alkanes) is 42. The first-order valence-corrected chi connectivity index (χ1v) is 26.8. The summed E-state index contributed by atoms with van der Waals surface area (Å²) in [7, 11) is 0. The Kier molecular flexibility index (Phi) is 48.5. The normalized spacial score (nSPS) is 13.3. The van der Waals surface area contributed by atoms with Crippen LogP contribution in [0.2, 0.25) is 0 Å². The molecule has 4 N–H and O–H groups in total. The van der Waals surface area contributed by atoms with Crippen molar-refractivity contribution in [2.45, 2.75) is 327 Å². The quantitative estimate of drug-likeness (QED) is 0.0460. The molecule has 5 heteroatoms. The molecule has 0 aromatic heterocycles. The average molecular weight is 822 g/mol. The fourth-order valence-corrected chi connectivity index (χ4v) is 8.81. The molecular weight excluding hydrogens is 715 g/mol. The van der Waals surface area contributed by atoms with Gasteiger partial charge in [0.25, 0.3) is 0 Å². The van der Waals surface area contributed by atoms with E-state index in [-0.39, 0.29) is 12.5 Å². The van der Waals surface area contributed by atoms with Gasteiger partial charge in [-0.05, 0) is 12.8 Å². The second-order valence-electron chi connectivity index (χ2n) is 18.8. The number of carbonyl (C=O) groups is 1. The molecule has 0 bridgehead atoms. The highest BCUT2D eigenvalue weighted by molar-refractivity contribution is 5.76. The Balaban J connectivity index is 3.39. The van der Waals surface area contributed by atoms with Gasteiger partial charge in [0.15, 0.2) is 0 Å². The maximum absolute atomic E-state index is 12.4. The van der Waals surface area contributed by atoms with Crippen molar-refractivity contribution in [2.24, 2.45) is 0 Å². The maximum atomic E-state index is 12.4. The SMILES string of the molecule is CCCCCCCCCCCCCCCCCCCCCCCCCCCCCCCCCCCCC(=O)N[C@@H](CO)[C@H](O)[C@H](O)CCCCCCCCCCCC. The van der Waals surface area contributed by atoms with E-state index in [1.54, 1.807) is 0 Å². The van der Waals surface area contributed by atoms with Gasteiger partial charge in [-0.2, -0.15) is 0 Å². The summed E-state index contributed by atoms with van der Waals surface area (Å²) >= 11 is 0. The van der Waals surface area contributed by atoms with Crippen LogP contribution in [-0.2, 0) is 4.79 Å². The molecule has 58 heavy (non-hydrogen) atoms. The Hall–Kier alpha value is -0.650. The number of nitrogens with one attached hydrogen (secondary N) is 1. The van der Waals surface area contributed by atoms with Crippen molar-refractivity contribution in [1.29, 1.82) is 0 Å². The lowest BCUT2D eigenvalue weighted by atomic mass is 9.99. The number of hydrogen-bond acceptors (Lipinski definition) is 4. The van der Waals surface area contributed by atoms with Crippen LogP contribution < -0.4 is 5.32 Å². The summed E-state index contributed by atoms with van der Waals surface area (Å²) in [5.74, 6) is -0.139. The predicted octanol–water partition coefficient (Wildman–Crippen LogP) is 16.2. The first-order chi connectivity index (χ1) is 28.6. The molecule has 0 aliphatic carbocycles. The lowest BCUT2D eigenvalue weighted by molar-refractivity contribution is -0.124. The van der Waals surface area contributed by atoms with E-state index in [0.29, 0.717) is 12.8 Å². The summed E-state index contributed by atoms with van der Waals surface area (Å²) in [5, 5.41) is 33.5. The van der Waals surface area contributed by atoms with Crippen molar-refractivity contribution in [3.8, 4) is 0 Å². The van der Waals surface area contributed by atoms with Crippen molar-refractivity contribution in [1.82, 2.24) is 5.32 Å². The third kappa shape index (κ3) is 43.4. The molecule has 0 rings (SSSR count). The van der Waals surface area contributed by atoms with Gasteiger partial charge < -0.3 is 20.6 Å². The van der Waals surface area contributed by atoms with Crippen LogP contribution in [0, 0.1) is 0 Å². The first kappa shape index (κ1) is 57.3. The molecule has 0 radical (unpaired) electrons. The number of hydrogen-bond donors (Lipinski definition) is 4. The molecule has 0 aliphatic rings. The summed E-state index contributed by atoms with van der Waals surface area (Å²) in [6, 6.07) is -0.802. The average Bonchev–Trinajstić information content (AvgIpc) is 3.23. The number of amides is 1. The lowest BCUT2D eigenvalue weighted by Gasteiger charge is -2.26. The van der Waals surface area contributed by atoms with Gasteiger partial charge in [-0.3, -0.25) is 4.79 Å². The van der Waals surface area contributed by atoms with Gasteiger partial charge in [0, 0.05) is 6.42 Å². The van der Waals surface area contributed by atoms with Gasteiger partial charge in [-0.1, -0.05) is 290 Å². The van der Waals surface area contributed by atoms with Crippen LogP contribution >= 0.6 is 0 Å². The third-order valence-corrected chi connectivity index (χ3v) is 13.0. The molecule has 1 amide bonds. The minimum atomic E-state index is -1.13. The zero-order chi connectivity index (χ0) is 42.3. The Morgan fingerprint density at radius 3 is 0.828 bits per heavy atom. The molecule has 0 aliphatic heterocycles. The van der Waals surface area contributed by atoms with Crippen LogP contribution in [0.3, 0.4) is 0 Å². The van der Waals surface area contributed by atoms with E-state index < -0.39 is 18.2 Å². The second kappa shape index (κ2) is 49.0. The summed E-state index contributed by atoms with van der Waals surface area (Å²) in [6.07, 6.45) is 58.5. The van der Waals surface area contributed by atoms with E-state index in [9.17, 15) is 20.1 Å². The van der Waals surface area contributed by atoms with Gasteiger partial charge >= 0.3 is 0 Å². The van der Waals surface area contributed by atoms with Gasteiger partial charge in [0.2, 0.25) is 5.91 Å². The van der Waals surface area contributed by atoms with Crippen molar-refractivity contribution < 1.29 is 20.1 Å². The Bertz CT molecular complexity index is 777. The predicted molar refractivity (Wildman–Crippen MR) is 255 cm³/mol.